The standard InChI is InChI=1S/C56H34N4/c1-2-18-41(19-3-1)59-52-26-12-17-37-27-28-39-31-40(33-53(59)55(39)54(37)52)38-29-30-51-47(32-38)46-22-8-9-25-50(46)60(51)56-57-48(44-23-10-15-35-13-4-6-20-42(35)44)34-49(58-56)45-24-11-16-36-14-5-7-21-43(36)45/h1-34H. The average Bonchev–Trinajstić information content (AvgIpc) is 3.84. The molecule has 3 aromatic heterocycles. The lowest BCUT2D eigenvalue weighted by Crippen LogP contribution is -2.04. The number of aromatic nitrogens is 4. The lowest BCUT2D eigenvalue weighted by molar-refractivity contribution is 0.997. The van der Waals surface area contributed by atoms with Gasteiger partial charge < -0.3 is 4.57 Å². The van der Waals surface area contributed by atoms with Gasteiger partial charge >= 0.3 is 0 Å². The Hall–Kier alpha value is -8.08. The Kier molecular flexibility index (Phi) is 6.98. The summed E-state index contributed by atoms with van der Waals surface area (Å²) in [5.74, 6) is 0.640. The highest BCUT2D eigenvalue weighted by molar-refractivity contribution is 6.25. The number of rotatable bonds is 5. The Morgan fingerprint density at radius 1 is 0.300 bits per heavy atom. The Bertz CT molecular complexity index is 3730. The lowest BCUT2D eigenvalue weighted by atomic mass is 9.96. The van der Waals surface area contributed by atoms with Gasteiger partial charge in [-0.05, 0) is 98.0 Å². The molecule has 0 radical (unpaired) electrons. The molecule has 0 bridgehead atoms. The summed E-state index contributed by atoms with van der Waals surface area (Å²) in [6.45, 7) is 0. The molecule has 0 aliphatic rings. The largest absolute Gasteiger partial charge is 0.309 e. The van der Waals surface area contributed by atoms with E-state index >= 15 is 0 Å². The van der Waals surface area contributed by atoms with Gasteiger partial charge in [-0.1, -0.05) is 152 Å². The molecule has 13 aromatic rings. The van der Waals surface area contributed by atoms with Crippen molar-refractivity contribution in [1.82, 2.24) is 19.1 Å². The predicted octanol–water partition coefficient (Wildman–Crippen LogP) is 14.6. The summed E-state index contributed by atoms with van der Waals surface area (Å²) in [6, 6.07) is 74.4. The normalized spacial score (nSPS) is 12.0. The van der Waals surface area contributed by atoms with Gasteiger partial charge in [0.05, 0.1) is 33.5 Å². The highest BCUT2D eigenvalue weighted by Crippen LogP contribution is 2.43. The van der Waals surface area contributed by atoms with Crippen LogP contribution in [0.25, 0.3) is 121 Å². The minimum absolute atomic E-state index is 0.640. The molecule has 10 aromatic carbocycles. The van der Waals surface area contributed by atoms with Crippen LogP contribution in [0.15, 0.2) is 206 Å². The first-order valence-electron chi connectivity index (χ1n) is 20.5. The van der Waals surface area contributed by atoms with Gasteiger partial charge in [0, 0.05) is 38.4 Å². The van der Waals surface area contributed by atoms with E-state index in [1.54, 1.807) is 0 Å². The number of para-hydroxylation sites is 2. The Morgan fingerprint density at radius 3 is 1.62 bits per heavy atom. The van der Waals surface area contributed by atoms with Gasteiger partial charge in [-0.15, -0.1) is 0 Å². The average molecular weight is 763 g/mol. The van der Waals surface area contributed by atoms with Crippen LogP contribution in [0.2, 0.25) is 0 Å². The number of hydrogen-bond acceptors (Lipinski definition) is 2. The molecular weight excluding hydrogens is 729 g/mol. The smallest absolute Gasteiger partial charge is 0.235 e. The SMILES string of the molecule is c1ccc(-n2c3cccc4ccc5cc(-c6ccc7c(c6)c6ccccc6n7-c6nc(-c7cccc8ccccc78)cc(-c7cccc8ccccc78)n6)cc2c5c43)cc1. The monoisotopic (exact) mass is 762 g/mol. The second-order valence-electron chi connectivity index (χ2n) is 15.8. The summed E-state index contributed by atoms with van der Waals surface area (Å²) in [7, 11) is 0. The Morgan fingerprint density at radius 2 is 0.867 bits per heavy atom. The van der Waals surface area contributed by atoms with Crippen molar-refractivity contribution in [3.63, 3.8) is 0 Å². The van der Waals surface area contributed by atoms with Crippen molar-refractivity contribution in [3.8, 4) is 45.3 Å². The van der Waals surface area contributed by atoms with E-state index in [2.05, 4.69) is 215 Å². The molecule has 0 atom stereocenters. The summed E-state index contributed by atoms with van der Waals surface area (Å²) >= 11 is 0. The zero-order valence-corrected chi connectivity index (χ0v) is 32.4. The fourth-order valence-electron chi connectivity index (χ4n) is 9.79. The van der Waals surface area contributed by atoms with Crippen LogP contribution in [0, 0.1) is 0 Å². The van der Waals surface area contributed by atoms with Gasteiger partial charge in [-0.2, -0.15) is 0 Å². The lowest BCUT2D eigenvalue weighted by Gasteiger charge is -2.14. The first-order chi connectivity index (χ1) is 29.7. The minimum atomic E-state index is 0.640. The maximum absolute atomic E-state index is 5.45. The molecule has 0 unspecified atom stereocenters. The molecule has 3 heterocycles. The fourth-order valence-corrected chi connectivity index (χ4v) is 9.79. The van der Waals surface area contributed by atoms with Crippen molar-refractivity contribution in [2.45, 2.75) is 0 Å². The summed E-state index contributed by atoms with van der Waals surface area (Å²) in [4.78, 5) is 10.9. The van der Waals surface area contributed by atoms with Crippen LogP contribution >= 0.6 is 0 Å². The van der Waals surface area contributed by atoms with E-state index in [4.69, 9.17) is 9.97 Å². The fraction of sp³-hybridized carbons (Fsp3) is 0. The van der Waals surface area contributed by atoms with Crippen LogP contribution in [-0.4, -0.2) is 19.1 Å². The molecule has 0 N–H and O–H groups in total. The van der Waals surface area contributed by atoms with Crippen LogP contribution in [0.4, 0.5) is 0 Å². The van der Waals surface area contributed by atoms with Crippen molar-refractivity contribution in [2.24, 2.45) is 0 Å². The van der Waals surface area contributed by atoms with E-state index in [0.717, 1.165) is 66.3 Å². The highest BCUT2D eigenvalue weighted by Gasteiger charge is 2.21. The molecule has 0 fully saturated rings. The minimum Gasteiger partial charge on any atom is -0.309 e. The second-order valence-corrected chi connectivity index (χ2v) is 15.8. The Balaban J connectivity index is 1.06. The third-order valence-corrected chi connectivity index (χ3v) is 12.5. The van der Waals surface area contributed by atoms with Crippen LogP contribution in [0.1, 0.15) is 0 Å². The molecule has 0 amide bonds. The summed E-state index contributed by atoms with van der Waals surface area (Å²) in [6.07, 6.45) is 0. The third kappa shape index (κ3) is 4.85. The summed E-state index contributed by atoms with van der Waals surface area (Å²) < 4.78 is 4.68. The van der Waals surface area contributed by atoms with E-state index in [0.29, 0.717) is 5.95 Å². The van der Waals surface area contributed by atoms with E-state index in [1.807, 2.05) is 0 Å². The van der Waals surface area contributed by atoms with Crippen molar-refractivity contribution >= 4 is 75.9 Å². The van der Waals surface area contributed by atoms with E-state index in [-0.39, 0.29) is 0 Å². The molecule has 0 aliphatic heterocycles. The highest BCUT2D eigenvalue weighted by atomic mass is 15.2. The van der Waals surface area contributed by atoms with Crippen molar-refractivity contribution in [2.75, 3.05) is 0 Å². The van der Waals surface area contributed by atoms with Gasteiger partial charge in [-0.3, -0.25) is 4.57 Å². The first-order valence-corrected chi connectivity index (χ1v) is 20.5. The number of hydrogen-bond donors (Lipinski definition) is 0. The molecule has 0 spiro atoms. The van der Waals surface area contributed by atoms with Crippen LogP contribution in [0.5, 0.6) is 0 Å². The molecular formula is C56H34N4. The van der Waals surface area contributed by atoms with Gasteiger partial charge in [0.1, 0.15) is 0 Å². The summed E-state index contributed by atoms with van der Waals surface area (Å²) in [5.41, 5.74) is 12.0. The van der Waals surface area contributed by atoms with E-state index in [9.17, 15) is 0 Å². The van der Waals surface area contributed by atoms with Crippen molar-refractivity contribution in [1.29, 1.82) is 0 Å². The molecule has 0 aliphatic carbocycles. The zero-order chi connectivity index (χ0) is 39.3. The van der Waals surface area contributed by atoms with Gasteiger partial charge in [0.15, 0.2) is 0 Å². The molecule has 278 valence electrons. The third-order valence-electron chi connectivity index (χ3n) is 12.5. The number of benzene rings is 10. The van der Waals surface area contributed by atoms with Crippen LogP contribution < -0.4 is 0 Å². The van der Waals surface area contributed by atoms with Gasteiger partial charge in [-0.25, -0.2) is 9.97 Å². The quantitative estimate of drug-likeness (QED) is 0.164. The first kappa shape index (κ1) is 32.9. The number of nitrogens with zero attached hydrogens (tertiary/aromatic N) is 4. The van der Waals surface area contributed by atoms with E-state index < -0.39 is 0 Å². The zero-order valence-electron chi connectivity index (χ0n) is 32.4. The molecule has 4 nitrogen and oxygen atoms in total. The van der Waals surface area contributed by atoms with Crippen molar-refractivity contribution < 1.29 is 0 Å². The van der Waals surface area contributed by atoms with E-state index in [1.165, 1.54) is 48.9 Å². The van der Waals surface area contributed by atoms with Crippen LogP contribution in [0.3, 0.4) is 0 Å². The molecule has 4 heteroatoms. The van der Waals surface area contributed by atoms with Gasteiger partial charge in [0.2, 0.25) is 5.95 Å². The summed E-state index contributed by atoms with van der Waals surface area (Å²) in [5, 5.41) is 12.1. The topological polar surface area (TPSA) is 35.6 Å². The van der Waals surface area contributed by atoms with Crippen molar-refractivity contribution in [3.05, 3.63) is 206 Å². The maximum atomic E-state index is 5.45. The van der Waals surface area contributed by atoms with Crippen LogP contribution in [-0.2, 0) is 0 Å². The van der Waals surface area contributed by atoms with Gasteiger partial charge in [0.25, 0.3) is 0 Å². The molecule has 0 saturated heterocycles. The Labute approximate surface area is 345 Å². The predicted molar refractivity (Wildman–Crippen MR) is 251 cm³/mol. The maximum Gasteiger partial charge on any atom is 0.235 e. The molecule has 60 heavy (non-hydrogen) atoms. The molecule has 0 saturated carbocycles. The second kappa shape index (κ2) is 12.7. The number of fused-ring (bicyclic) bond motifs is 5. The molecule has 13 rings (SSSR count).